The maximum atomic E-state index is 12.2. The molecule has 0 radical (unpaired) electrons. The average Bonchev–Trinajstić information content (AvgIpc) is 2.59. The SMILES string of the molecule is Cc1ccc(CN(CC(=O)NCCCN2CCC[C@@H](C)C2)S(C)(=O)=O)cc1. The number of carbonyl (C=O) groups excluding carboxylic acids is 1. The summed E-state index contributed by atoms with van der Waals surface area (Å²) >= 11 is 0. The summed E-state index contributed by atoms with van der Waals surface area (Å²) in [6.45, 7) is 8.14. The molecule has 1 heterocycles. The Labute approximate surface area is 164 Å². The molecule has 1 aromatic carbocycles. The molecular weight excluding hydrogens is 362 g/mol. The number of carbonyl (C=O) groups is 1. The van der Waals surface area contributed by atoms with Crippen molar-refractivity contribution in [3.8, 4) is 0 Å². The van der Waals surface area contributed by atoms with Gasteiger partial charge in [0.25, 0.3) is 0 Å². The van der Waals surface area contributed by atoms with Gasteiger partial charge in [0.2, 0.25) is 15.9 Å². The molecule has 1 aliphatic heterocycles. The van der Waals surface area contributed by atoms with E-state index in [4.69, 9.17) is 0 Å². The van der Waals surface area contributed by atoms with E-state index in [-0.39, 0.29) is 19.0 Å². The van der Waals surface area contributed by atoms with Crippen LogP contribution in [0.3, 0.4) is 0 Å². The van der Waals surface area contributed by atoms with E-state index in [1.165, 1.54) is 17.1 Å². The Kier molecular flexibility index (Phi) is 8.26. The van der Waals surface area contributed by atoms with E-state index >= 15 is 0 Å². The number of nitrogens with one attached hydrogen (secondary N) is 1. The molecule has 1 fully saturated rings. The molecule has 1 aromatic rings. The molecule has 0 unspecified atom stereocenters. The third-order valence-electron chi connectivity index (χ3n) is 4.98. The molecule has 2 rings (SSSR count). The van der Waals surface area contributed by atoms with E-state index in [2.05, 4.69) is 17.1 Å². The maximum Gasteiger partial charge on any atom is 0.235 e. The van der Waals surface area contributed by atoms with Crippen molar-refractivity contribution in [1.82, 2.24) is 14.5 Å². The summed E-state index contributed by atoms with van der Waals surface area (Å²) in [5.74, 6) is 0.498. The zero-order valence-electron chi connectivity index (χ0n) is 16.8. The van der Waals surface area contributed by atoms with Crippen LogP contribution in [-0.4, -0.2) is 62.5 Å². The van der Waals surface area contributed by atoms with Gasteiger partial charge in [-0.15, -0.1) is 0 Å². The van der Waals surface area contributed by atoms with Gasteiger partial charge in [-0.2, -0.15) is 4.31 Å². The first kappa shape index (κ1) is 21.9. The Morgan fingerprint density at radius 1 is 1.30 bits per heavy atom. The van der Waals surface area contributed by atoms with Gasteiger partial charge in [0, 0.05) is 19.6 Å². The van der Waals surface area contributed by atoms with Crippen LogP contribution in [0.15, 0.2) is 24.3 Å². The second-order valence-corrected chi connectivity index (χ2v) is 9.75. The fourth-order valence-electron chi connectivity index (χ4n) is 3.42. The number of sulfonamides is 1. The molecule has 1 N–H and O–H groups in total. The van der Waals surface area contributed by atoms with Crippen molar-refractivity contribution in [2.75, 3.05) is 39.0 Å². The molecule has 152 valence electrons. The lowest BCUT2D eigenvalue weighted by atomic mass is 10.0. The first-order valence-electron chi connectivity index (χ1n) is 9.74. The molecular formula is C20H33N3O3S. The second-order valence-electron chi connectivity index (χ2n) is 7.77. The number of amides is 1. The van der Waals surface area contributed by atoms with Crippen LogP contribution in [0, 0.1) is 12.8 Å². The van der Waals surface area contributed by atoms with Gasteiger partial charge in [0.05, 0.1) is 12.8 Å². The van der Waals surface area contributed by atoms with Gasteiger partial charge in [-0.05, 0) is 50.8 Å². The Morgan fingerprint density at radius 2 is 2.00 bits per heavy atom. The normalized spacial score (nSPS) is 18.6. The van der Waals surface area contributed by atoms with Crippen molar-refractivity contribution in [3.05, 3.63) is 35.4 Å². The zero-order valence-corrected chi connectivity index (χ0v) is 17.6. The van der Waals surface area contributed by atoms with Crippen LogP contribution >= 0.6 is 0 Å². The predicted octanol–water partition coefficient (Wildman–Crippen LogP) is 1.99. The lowest BCUT2D eigenvalue weighted by Gasteiger charge is -2.30. The Balaban J connectivity index is 1.77. The van der Waals surface area contributed by atoms with Crippen LogP contribution < -0.4 is 5.32 Å². The van der Waals surface area contributed by atoms with Gasteiger partial charge in [-0.3, -0.25) is 4.79 Å². The third kappa shape index (κ3) is 7.99. The highest BCUT2D eigenvalue weighted by atomic mass is 32.2. The minimum atomic E-state index is -3.46. The van der Waals surface area contributed by atoms with Gasteiger partial charge in [0.15, 0.2) is 0 Å². The van der Waals surface area contributed by atoms with Crippen molar-refractivity contribution in [1.29, 1.82) is 0 Å². The molecule has 1 saturated heterocycles. The van der Waals surface area contributed by atoms with Crippen LogP contribution in [0.1, 0.15) is 37.3 Å². The third-order valence-corrected chi connectivity index (χ3v) is 6.18. The highest BCUT2D eigenvalue weighted by Gasteiger charge is 2.20. The summed E-state index contributed by atoms with van der Waals surface area (Å²) in [4.78, 5) is 14.7. The molecule has 0 spiro atoms. The summed E-state index contributed by atoms with van der Waals surface area (Å²) in [6.07, 6.45) is 4.58. The van der Waals surface area contributed by atoms with Crippen molar-refractivity contribution in [2.45, 2.75) is 39.7 Å². The predicted molar refractivity (Wildman–Crippen MR) is 109 cm³/mol. The summed E-state index contributed by atoms with van der Waals surface area (Å²) in [7, 11) is -3.46. The molecule has 0 saturated carbocycles. The number of hydrogen-bond acceptors (Lipinski definition) is 4. The number of nitrogens with zero attached hydrogens (tertiary/aromatic N) is 2. The summed E-state index contributed by atoms with van der Waals surface area (Å²) in [5.41, 5.74) is 1.99. The Hall–Kier alpha value is -1.44. The van der Waals surface area contributed by atoms with Crippen molar-refractivity contribution >= 4 is 15.9 Å². The minimum Gasteiger partial charge on any atom is -0.355 e. The van der Waals surface area contributed by atoms with Crippen molar-refractivity contribution in [2.24, 2.45) is 5.92 Å². The number of rotatable bonds is 9. The maximum absolute atomic E-state index is 12.2. The molecule has 27 heavy (non-hydrogen) atoms. The van der Waals surface area contributed by atoms with Crippen molar-refractivity contribution in [3.63, 3.8) is 0 Å². The largest absolute Gasteiger partial charge is 0.355 e. The first-order chi connectivity index (χ1) is 12.7. The number of piperidine rings is 1. The van der Waals surface area contributed by atoms with E-state index in [0.717, 1.165) is 49.4 Å². The molecule has 1 amide bonds. The zero-order chi connectivity index (χ0) is 19.9. The van der Waals surface area contributed by atoms with Crippen LogP contribution in [-0.2, 0) is 21.4 Å². The lowest BCUT2D eigenvalue weighted by molar-refractivity contribution is -0.121. The monoisotopic (exact) mass is 395 g/mol. The smallest absolute Gasteiger partial charge is 0.235 e. The number of likely N-dealkylation sites (tertiary alicyclic amines) is 1. The average molecular weight is 396 g/mol. The number of hydrogen-bond donors (Lipinski definition) is 1. The van der Waals surface area contributed by atoms with Crippen LogP contribution in [0.25, 0.3) is 0 Å². The molecule has 7 heteroatoms. The lowest BCUT2D eigenvalue weighted by Crippen LogP contribution is -2.41. The quantitative estimate of drug-likeness (QED) is 0.649. The highest BCUT2D eigenvalue weighted by Crippen LogP contribution is 2.15. The van der Waals surface area contributed by atoms with Crippen LogP contribution in [0.5, 0.6) is 0 Å². The fourth-order valence-corrected chi connectivity index (χ4v) is 4.16. The summed E-state index contributed by atoms with van der Waals surface area (Å²) in [5, 5.41) is 2.86. The molecule has 1 aliphatic rings. The van der Waals surface area contributed by atoms with Gasteiger partial charge < -0.3 is 10.2 Å². The molecule has 6 nitrogen and oxygen atoms in total. The summed E-state index contributed by atoms with van der Waals surface area (Å²) in [6, 6.07) is 7.67. The van der Waals surface area contributed by atoms with Crippen molar-refractivity contribution < 1.29 is 13.2 Å². The number of benzene rings is 1. The van der Waals surface area contributed by atoms with Crippen LogP contribution in [0.2, 0.25) is 0 Å². The Morgan fingerprint density at radius 3 is 2.63 bits per heavy atom. The standard InChI is InChI=1S/C20H33N3O3S/c1-17-7-9-19(10-8-17)15-23(27(3,25)26)16-20(24)21-11-5-13-22-12-4-6-18(2)14-22/h7-10,18H,4-6,11-16H2,1-3H3,(H,21,24)/t18-/m1/s1. The highest BCUT2D eigenvalue weighted by molar-refractivity contribution is 7.88. The fraction of sp³-hybridized carbons (Fsp3) is 0.650. The van der Waals surface area contributed by atoms with Gasteiger partial charge in [-0.25, -0.2) is 8.42 Å². The second kappa shape index (κ2) is 10.2. The van der Waals surface area contributed by atoms with Gasteiger partial charge in [-0.1, -0.05) is 36.8 Å². The molecule has 1 atom stereocenters. The minimum absolute atomic E-state index is 0.145. The summed E-state index contributed by atoms with van der Waals surface area (Å²) < 4.78 is 25.3. The van der Waals surface area contributed by atoms with Gasteiger partial charge in [0.1, 0.15) is 0 Å². The van der Waals surface area contributed by atoms with Gasteiger partial charge >= 0.3 is 0 Å². The van der Waals surface area contributed by atoms with Crippen LogP contribution in [0.4, 0.5) is 0 Å². The van der Waals surface area contributed by atoms with E-state index in [1.54, 1.807) is 0 Å². The van der Waals surface area contributed by atoms with E-state index < -0.39 is 10.0 Å². The molecule has 0 bridgehead atoms. The topological polar surface area (TPSA) is 69.7 Å². The molecule has 0 aliphatic carbocycles. The number of aryl methyl sites for hydroxylation is 1. The molecule has 0 aromatic heterocycles. The van der Waals surface area contributed by atoms with E-state index in [9.17, 15) is 13.2 Å². The van der Waals surface area contributed by atoms with E-state index in [1.807, 2.05) is 31.2 Å². The Bertz CT molecular complexity index is 704. The first-order valence-corrected chi connectivity index (χ1v) is 11.6. The van der Waals surface area contributed by atoms with E-state index in [0.29, 0.717) is 6.54 Å².